The summed E-state index contributed by atoms with van der Waals surface area (Å²) in [6, 6.07) is 26.4. The fourth-order valence-electron chi connectivity index (χ4n) is 10.5. The summed E-state index contributed by atoms with van der Waals surface area (Å²) in [4.78, 5) is 17.4. The molecule has 6 heterocycles. The Hall–Kier alpha value is -2.64. The van der Waals surface area contributed by atoms with Crippen LogP contribution in [0.25, 0.3) is 54.4 Å². The summed E-state index contributed by atoms with van der Waals surface area (Å²) < 4.78 is 9.66. The Bertz CT molecular complexity index is 2710. The number of thioether (sulfide) groups is 2. The molecule has 2 aliphatic heterocycles. The van der Waals surface area contributed by atoms with Crippen LogP contribution in [0.2, 0.25) is 0 Å². The number of allylic oxidation sites excluding steroid dienone is 2. The SMILES string of the molecule is CCCCCCc1csc(C2=CC(CCCCCC)C(Br)(c3c4nsnc4c(C4(Br)SC(c5cc(CCCCCC)cs5)=CC4CCCCCC)c4nc(-c5ccccc5)c(-c5ccccc5)nc34)S2)c1. The van der Waals surface area contributed by atoms with E-state index in [4.69, 9.17) is 18.7 Å². The normalized spacial score (nSPS) is 20.1. The van der Waals surface area contributed by atoms with Gasteiger partial charge in [0.1, 0.15) is 18.3 Å². The van der Waals surface area contributed by atoms with E-state index in [0.29, 0.717) is 0 Å². The first-order valence-corrected chi connectivity index (χ1v) is 32.5. The van der Waals surface area contributed by atoms with Gasteiger partial charge in [0.15, 0.2) is 0 Å². The predicted octanol–water partition coefficient (Wildman–Crippen LogP) is 21.2. The molecule has 71 heavy (non-hydrogen) atoms. The summed E-state index contributed by atoms with van der Waals surface area (Å²) in [7, 11) is 0. The molecule has 4 nitrogen and oxygen atoms in total. The van der Waals surface area contributed by atoms with Crippen molar-refractivity contribution in [1.82, 2.24) is 18.7 Å². The van der Waals surface area contributed by atoms with E-state index in [1.54, 1.807) is 0 Å². The number of thiophene rings is 2. The van der Waals surface area contributed by atoms with Gasteiger partial charge in [0.2, 0.25) is 0 Å². The second-order valence-corrected chi connectivity index (χ2v) is 28.3. The second-order valence-electron chi connectivity index (χ2n) is 19.8. The van der Waals surface area contributed by atoms with E-state index in [9.17, 15) is 0 Å². The van der Waals surface area contributed by atoms with Crippen molar-refractivity contribution in [3.05, 3.63) is 128 Å². The van der Waals surface area contributed by atoms with Gasteiger partial charge in [0.25, 0.3) is 0 Å². The van der Waals surface area contributed by atoms with Crippen molar-refractivity contribution in [3.8, 4) is 22.5 Å². The summed E-state index contributed by atoms with van der Waals surface area (Å²) in [6.07, 6.45) is 29.5. The number of benzene rings is 3. The smallest absolute Gasteiger partial charge is 0.112 e. The molecule has 4 atom stereocenters. The minimum Gasteiger partial charge on any atom is -0.243 e. The standard InChI is InChI=1S/C60H70Br2N4S5/c1-5-9-13-19-27-41-35-47(67-39-41)49-37-45(33-25-15-11-7-3)59(61,69-49)51-55-56(64-54(44-31-23-18-24-32-44)53(63-55)43-29-21-17-22-30-43)52(58-57(51)65-71-66-58)60(62)46(34-26-16-12-8-4)38-50(70-60)48-36-42(40-68-48)28-20-14-10-6-2/h17-18,21-24,29-32,35-40,45-46H,5-16,19-20,25-28,33-34H2,1-4H3. The van der Waals surface area contributed by atoms with E-state index in [1.165, 1.54) is 132 Å². The van der Waals surface area contributed by atoms with Gasteiger partial charge < -0.3 is 0 Å². The van der Waals surface area contributed by atoms with E-state index in [0.717, 1.165) is 94.2 Å². The van der Waals surface area contributed by atoms with Crippen LogP contribution in [0.1, 0.15) is 175 Å². The van der Waals surface area contributed by atoms with E-state index in [-0.39, 0.29) is 11.8 Å². The van der Waals surface area contributed by atoms with Crippen LogP contribution in [0.5, 0.6) is 0 Å². The Morgan fingerprint density at radius 1 is 0.479 bits per heavy atom. The predicted molar refractivity (Wildman–Crippen MR) is 323 cm³/mol. The van der Waals surface area contributed by atoms with Gasteiger partial charge in [0, 0.05) is 53.7 Å². The highest BCUT2D eigenvalue weighted by Gasteiger charge is 2.51. The number of rotatable bonds is 26. The third kappa shape index (κ3) is 11.9. The maximum absolute atomic E-state index is 6.00. The van der Waals surface area contributed by atoms with E-state index < -0.39 is 7.31 Å². The first kappa shape index (κ1) is 53.2. The molecule has 0 saturated heterocycles. The maximum Gasteiger partial charge on any atom is 0.112 e. The molecule has 0 bridgehead atoms. The zero-order valence-corrected chi connectivity index (χ0v) is 49.4. The Balaban J connectivity index is 1.25. The van der Waals surface area contributed by atoms with Crippen molar-refractivity contribution < 1.29 is 0 Å². The van der Waals surface area contributed by atoms with Crippen molar-refractivity contribution in [2.24, 2.45) is 11.8 Å². The van der Waals surface area contributed by atoms with Gasteiger partial charge in [-0.3, -0.25) is 0 Å². The Kier molecular flexibility index (Phi) is 18.9. The monoisotopic (exact) mass is 1160 g/mol. The zero-order chi connectivity index (χ0) is 49.2. The van der Waals surface area contributed by atoms with Crippen LogP contribution in [0.3, 0.4) is 0 Å². The lowest BCUT2D eigenvalue weighted by Gasteiger charge is -2.34. The topological polar surface area (TPSA) is 51.6 Å². The summed E-state index contributed by atoms with van der Waals surface area (Å²) in [5, 5.41) is 4.81. The molecule has 0 N–H and O–H groups in total. The van der Waals surface area contributed by atoms with Crippen molar-refractivity contribution in [2.45, 2.75) is 163 Å². The highest BCUT2D eigenvalue weighted by molar-refractivity contribution is 9.11. The van der Waals surface area contributed by atoms with Crippen LogP contribution in [-0.2, 0) is 20.2 Å². The van der Waals surface area contributed by atoms with Crippen LogP contribution >= 0.6 is 89.8 Å². The molecule has 0 amide bonds. The highest BCUT2D eigenvalue weighted by atomic mass is 79.9. The van der Waals surface area contributed by atoms with Gasteiger partial charge in [-0.05, 0) is 72.5 Å². The first-order chi connectivity index (χ1) is 34.8. The number of unbranched alkanes of at least 4 members (excludes halogenated alkanes) is 12. The van der Waals surface area contributed by atoms with Crippen LogP contribution in [0.15, 0.2) is 95.7 Å². The van der Waals surface area contributed by atoms with Crippen LogP contribution in [-0.4, -0.2) is 18.7 Å². The quantitative estimate of drug-likeness (QED) is 0.0398. The molecule has 7 aromatic rings. The third-order valence-corrected chi connectivity index (χ3v) is 23.0. The van der Waals surface area contributed by atoms with Gasteiger partial charge in [0.05, 0.1) is 34.1 Å². The average Bonchev–Trinajstić information content (AvgIpc) is 4.26. The summed E-state index contributed by atoms with van der Waals surface area (Å²) in [6.45, 7) is 9.20. The number of aromatic nitrogens is 4. The van der Waals surface area contributed by atoms with Crippen LogP contribution < -0.4 is 0 Å². The number of hydrogen-bond donors (Lipinski definition) is 0. The molecule has 0 saturated carbocycles. The van der Waals surface area contributed by atoms with Gasteiger partial charge >= 0.3 is 0 Å². The first-order valence-electron chi connectivity index (χ1n) is 26.8. The summed E-state index contributed by atoms with van der Waals surface area (Å²) in [5.74, 6) is 0.384. The lowest BCUT2D eigenvalue weighted by molar-refractivity contribution is 0.511. The largest absolute Gasteiger partial charge is 0.243 e. The second kappa shape index (κ2) is 25.3. The van der Waals surface area contributed by atoms with Crippen LogP contribution in [0, 0.1) is 11.8 Å². The van der Waals surface area contributed by atoms with Crippen molar-refractivity contribution in [1.29, 1.82) is 0 Å². The molecule has 0 fully saturated rings. The molecule has 0 aliphatic carbocycles. The summed E-state index contributed by atoms with van der Waals surface area (Å²) >= 11 is 18.4. The Labute approximate surface area is 461 Å². The molecule has 2 aliphatic rings. The molecule has 0 spiro atoms. The fourth-order valence-corrected chi connectivity index (χ4v) is 18.6. The Morgan fingerprint density at radius 3 is 1.27 bits per heavy atom. The van der Waals surface area contributed by atoms with E-state index in [2.05, 4.69) is 155 Å². The molecule has 9 rings (SSSR count). The molecule has 11 heteroatoms. The molecule has 4 aromatic heterocycles. The average molecular weight is 1170 g/mol. The lowest BCUT2D eigenvalue weighted by Crippen LogP contribution is -2.26. The fraction of sp³-hybridized carbons (Fsp3) is 0.467. The molecule has 3 aromatic carbocycles. The van der Waals surface area contributed by atoms with Crippen molar-refractivity contribution in [2.75, 3.05) is 0 Å². The van der Waals surface area contributed by atoms with Gasteiger partial charge in [-0.2, -0.15) is 8.75 Å². The number of aryl methyl sites for hydroxylation is 2. The van der Waals surface area contributed by atoms with E-state index in [1.807, 2.05) is 46.2 Å². The van der Waals surface area contributed by atoms with Gasteiger partial charge in [-0.15, -0.1) is 46.2 Å². The summed E-state index contributed by atoms with van der Waals surface area (Å²) in [5.41, 5.74) is 12.7. The Morgan fingerprint density at radius 2 is 0.873 bits per heavy atom. The number of nitrogens with zero attached hydrogens (tertiary/aromatic N) is 4. The molecular weight excluding hydrogens is 1100 g/mol. The molecule has 374 valence electrons. The van der Waals surface area contributed by atoms with E-state index >= 15 is 0 Å². The number of fused-ring (bicyclic) bond motifs is 2. The molecular formula is C60H70Br2N4S5. The van der Waals surface area contributed by atoms with Gasteiger partial charge in [-0.25, -0.2) is 9.97 Å². The number of halogens is 2. The zero-order valence-electron chi connectivity index (χ0n) is 42.1. The van der Waals surface area contributed by atoms with Gasteiger partial charge in [-0.1, -0.05) is 222 Å². The van der Waals surface area contributed by atoms with Crippen molar-refractivity contribution in [3.63, 3.8) is 0 Å². The maximum atomic E-state index is 6.00. The minimum absolute atomic E-state index is 0.192. The van der Waals surface area contributed by atoms with Crippen molar-refractivity contribution >= 4 is 122 Å². The minimum atomic E-state index is -0.558. The molecule has 4 unspecified atom stereocenters. The molecule has 0 radical (unpaired) electrons. The van der Waals surface area contributed by atoms with Crippen LogP contribution in [0.4, 0.5) is 0 Å². The lowest BCUT2D eigenvalue weighted by atomic mass is 9.86. The number of alkyl halides is 2. The highest BCUT2D eigenvalue weighted by Crippen LogP contribution is 2.67. The third-order valence-electron chi connectivity index (χ3n) is 14.5. The number of hydrogen-bond acceptors (Lipinski definition) is 9.